The van der Waals surface area contributed by atoms with Gasteiger partial charge in [-0.25, -0.2) is 9.13 Å². The summed E-state index contributed by atoms with van der Waals surface area (Å²) in [7, 11) is -3.77. The van der Waals surface area contributed by atoms with Gasteiger partial charge in [-0.15, -0.1) is 0 Å². The molecule has 9 heteroatoms. The quantitative estimate of drug-likeness (QED) is 0.310. The number of alkyl halides is 3. The number of rotatable bonds is 9. The molecule has 1 aromatic rings. The number of nitrogens with zero attached hydrogens (tertiary/aromatic N) is 2. The molecule has 1 heterocycles. The molecule has 0 fully saturated rings. The molecule has 24 heavy (non-hydrogen) atoms. The van der Waals surface area contributed by atoms with Crippen LogP contribution in [0, 0.1) is 0 Å². The number of aryl methyl sites for hydroxylation is 2. The van der Waals surface area contributed by atoms with E-state index in [9.17, 15) is 13.2 Å². The van der Waals surface area contributed by atoms with Gasteiger partial charge in [0.15, 0.2) is 0 Å². The van der Waals surface area contributed by atoms with Crippen LogP contribution in [-0.4, -0.2) is 23.0 Å². The van der Waals surface area contributed by atoms with E-state index in [0.29, 0.717) is 0 Å². The van der Waals surface area contributed by atoms with E-state index in [2.05, 4.69) is 41.8 Å². The van der Waals surface area contributed by atoms with Crippen LogP contribution in [0.1, 0.15) is 58.3 Å². The summed E-state index contributed by atoms with van der Waals surface area (Å²) in [6.07, 6.45) is 17.6. The van der Waals surface area contributed by atoms with Crippen molar-refractivity contribution in [2.75, 3.05) is 0 Å². The van der Waals surface area contributed by atoms with Crippen LogP contribution in [0.5, 0.6) is 0 Å². The highest BCUT2D eigenvalue weighted by Crippen LogP contribution is 2.20. The fourth-order valence-corrected chi connectivity index (χ4v) is 2.06. The van der Waals surface area contributed by atoms with Gasteiger partial charge in [-0.2, -0.15) is 21.6 Å². The fourth-order valence-electron chi connectivity index (χ4n) is 2.06. The van der Waals surface area contributed by atoms with Gasteiger partial charge >= 0.3 is 15.6 Å². The summed E-state index contributed by atoms with van der Waals surface area (Å²) in [4.78, 5) is 0. The van der Waals surface area contributed by atoms with Gasteiger partial charge in [0.05, 0.1) is 13.6 Å². The third kappa shape index (κ3) is 11.4. The van der Waals surface area contributed by atoms with E-state index >= 15 is 0 Å². The number of halogens is 3. The second-order valence-electron chi connectivity index (χ2n) is 5.71. The summed E-state index contributed by atoms with van der Waals surface area (Å²) in [6, 6.07) is 0. The molecule has 0 unspecified atom stereocenters. The molecule has 0 aliphatic rings. The molecule has 0 spiro atoms. The Hall–Kier alpha value is -1.09. The first-order valence-corrected chi connectivity index (χ1v) is 9.56. The molecule has 0 aromatic carbocycles. The van der Waals surface area contributed by atoms with Crippen LogP contribution >= 0.6 is 0 Å². The zero-order valence-corrected chi connectivity index (χ0v) is 15.1. The first kappa shape index (κ1) is 22.9. The molecule has 1 N–H and O–H groups in total. The molecule has 1 rings (SSSR count). The van der Waals surface area contributed by atoms with Gasteiger partial charge in [0.2, 0.25) is 6.33 Å². The molecule has 0 saturated heterocycles. The zero-order chi connectivity index (χ0) is 18.6. The average Bonchev–Trinajstić information content (AvgIpc) is 2.86. The minimum Gasteiger partial charge on any atom is -0.279 e. The van der Waals surface area contributed by atoms with Crippen LogP contribution in [0.3, 0.4) is 0 Å². The van der Waals surface area contributed by atoms with Crippen LogP contribution in [0.4, 0.5) is 13.2 Å². The highest BCUT2D eigenvalue weighted by molar-refractivity contribution is 7.86. The summed E-state index contributed by atoms with van der Waals surface area (Å²) < 4.78 is 61.9. The summed E-state index contributed by atoms with van der Waals surface area (Å²) in [5, 5.41) is 0. The lowest BCUT2D eigenvalue weighted by atomic mass is 10.1. The van der Waals surface area contributed by atoms with Crippen molar-refractivity contribution in [3.8, 4) is 0 Å². The van der Waals surface area contributed by atoms with Gasteiger partial charge < -0.3 is 0 Å². The van der Waals surface area contributed by atoms with E-state index in [1.807, 2.05) is 0 Å². The van der Waals surface area contributed by atoms with Crippen molar-refractivity contribution >= 4 is 10.1 Å². The SMILES string of the molecule is CCCCCCCCCCn1cc[n+](C)c1.O=S(=O)(O)C(F)(F)F. The second kappa shape index (κ2) is 11.5. The smallest absolute Gasteiger partial charge is 0.279 e. The van der Waals surface area contributed by atoms with Gasteiger partial charge in [-0.3, -0.25) is 4.55 Å². The maximum Gasteiger partial charge on any atom is 0.522 e. The van der Waals surface area contributed by atoms with E-state index in [-0.39, 0.29) is 0 Å². The second-order valence-corrected chi connectivity index (χ2v) is 7.13. The minimum absolute atomic E-state index is 1.18. The summed E-state index contributed by atoms with van der Waals surface area (Å²) in [6.45, 7) is 3.45. The molecule has 0 aliphatic heterocycles. The molecule has 0 aliphatic carbocycles. The van der Waals surface area contributed by atoms with Crippen molar-refractivity contribution in [1.82, 2.24) is 4.57 Å². The molecular weight excluding hydrogens is 345 g/mol. The van der Waals surface area contributed by atoms with E-state index in [4.69, 9.17) is 13.0 Å². The molecule has 0 bridgehead atoms. The van der Waals surface area contributed by atoms with Crippen molar-refractivity contribution in [2.24, 2.45) is 7.05 Å². The van der Waals surface area contributed by atoms with Crippen LogP contribution in [0.2, 0.25) is 0 Å². The predicted molar refractivity (Wildman–Crippen MR) is 85.8 cm³/mol. The number of unbranched alkanes of at least 4 members (excludes halogenated alkanes) is 7. The molecule has 1 aromatic heterocycles. The Labute approximate surface area is 142 Å². The van der Waals surface area contributed by atoms with Crippen molar-refractivity contribution in [1.29, 1.82) is 0 Å². The maximum absolute atomic E-state index is 10.7. The molecule has 5 nitrogen and oxygen atoms in total. The van der Waals surface area contributed by atoms with Gasteiger partial charge in [0.25, 0.3) is 0 Å². The Kier molecular flexibility index (Phi) is 10.9. The average molecular weight is 373 g/mol. The van der Waals surface area contributed by atoms with Crippen molar-refractivity contribution in [3.63, 3.8) is 0 Å². The highest BCUT2D eigenvalue weighted by Gasteiger charge is 2.44. The largest absolute Gasteiger partial charge is 0.522 e. The number of hydrogen-bond acceptors (Lipinski definition) is 2. The van der Waals surface area contributed by atoms with E-state index in [1.165, 1.54) is 57.9 Å². The third-order valence-corrected chi connectivity index (χ3v) is 3.97. The summed E-state index contributed by atoms with van der Waals surface area (Å²) in [5.41, 5.74) is -5.53. The van der Waals surface area contributed by atoms with Crippen LogP contribution in [0.15, 0.2) is 18.7 Å². The molecule has 0 atom stereocenters. The Morgan fingerprint density at radius 1 is 1.04 bits per heavy atom. The molecular formula is C15H28F3N2O3S+. The van der Waals surface area contributed by atoms with E-state index < -0.39 is 15.6 Å². The lowest BCUT2D eigenvalue weighted by Crippen LogP contribution is -2.23. The number of aromatic nitrogens is 2. The molecule has 0 amide bonds. The Balaban J connectivity index is 0.000000561. The zero-order valence-electron chi connectivity index (χ0n) is 14.3. The lowest BCUT2D eigenvalue weighted by Gasteiger charge is -2.00. The number of hydrogen-bond donors (Lipinski definition) is 1. The Morgan fingerprint density at radius 2 is 1.50 bits per heavy atom. The van der Waals surface area contributed by atoms with Crippen molar-refractivity contribution < 1.29 is 30.7 Å². The Morgan fingerprint density at radius 3 is 1.88 bits per heavy atom. The molecule has 0 radical (unpaired) electrons. The lowest BCUT2D eigenvalue weighted by molar-refractivity contribution is -0.671. The minimum atomic E-state index is -5.84. The van der Waals surface area contributed by atoms with Gasteiger partial charge in [0.1, 0.15) is 12.4 Å². The summed E-state index contributed by atoms with van der Waals surface area (Å²) >= 11 is 0. The van der Waals surface area contributed by atoms with E-state index in [1.54, 1.807) is 0 Å². The van der Waals surface area contributed by atoms with Gasteiger partial charge in [-0.1, -0.05) is 45.4 Å². The highest BCUT2D eigenvalue weighted by atomic mass is 32.2. The first-order chi connectivity index (χ1) is 11.1. The predicted octanol–water partition coefficient (Wildman–Crippen LogP) is 3.85. The monoisotopic (exact) mass is 373 g/mol. The topological polar surface area (TPSA) is 63.2 Å². The normalized spacial score (nSPS) is 11.9. The van der Waals surface area contributed by atoms with Crippen LogP contribution < -0.4 is 4.57 Å². The molecule has 142 valence electrons. The number of imidazole rings is 1. The standard InChI is InChI=1S/C14H27N2.CHF3O3S/c1-3-4-5-6-7-8-9-10-11-16-13-12-15(2)14-16;2-1(3,4)8(5,6)7/h12-14H,3-11H2,1-2H3;(H,5,6,7)/q+1;. The van der Waals surface area contributed by atoms with Crippen molar-refractivity contribution in [2.45, 2.75) is 70.3 Å². The van der Waals surface area contributed by atoms with Crippen molar-refractivity contribution in [3.05, 3.63) is 18.7 Å². The molecule has 0 saturated carbocycles. The Bertz CT molecular complexity index is 542. The third-order valence-electron chi connectivity index (χ3n) is 3.39. The fraction of sp³-hybridized carbons (Fsp3) is 0.800. The van der Waals surface area contributed by atoms with Crippen LogP contribution in [0.25, 0.3) is 0 Å². The van der Waals surface area contributed by atoms with E-state index in [0.717, 1.165) is 0 Å². The first-order valence-electron chi connectivity index (χ1n) is 8.12. The van der Waals surface area contributed by atoms with Crippen LogP contribution in [-0.2, 0) is 23.7 Å². The van der Waals surface area contributed by atoms with Gasteiger partial charge in [0, 0.05) is 0 Å². The summed E-state index contributed by atoms with van der Waals surface area (Å²) in [5.74, 6) is 0. The maximum atomic E-state index is 10.7. The van der Waals surface area contributed by atoms with Gasteiger partial charge in [-0.05, 0) is 12.8 Å².